The van der Waals surface area contributed by atoms with Crippen molar-refractivity contribution in [3.8, 4) is 0 Å². The highest BCUT2D eigenvalue weighted by Crippen LogP contribution is 2.43. The molecule has 0 aliphatic rings. The summed E-state index contributed by atoms with van der Waals surface area (Å²) in [7, 11) is 0. The molecule has 0 aromatic heterocycles. The van der Waals surface area contributed by atoms with Crippen LogP contribution >= 0.6 is 15.9 Å². The first kappa shape index (κ1) is 15.2. The molecule has 0 atom stereocenters. The Balaban J connectivity index is 3.58. The molecule has 0 bridgehead atoms. The number of hydrogen-bond acceptors (Lipinski definition) is 0. The van der Waals surface area contributed by atoms with Gasteiger partial charge < -0.3 is 0 Å². The van der Waals surface area contributed by atoms with Gasteiger partial charge in [0.25, 0.3) is 6.43 Å². The predicted octanol–water partition coefficient (Wildman–Crippen LogP) is 5.42. The summed E-state index contributed by atoms with van der Waals surface area (Å²) in [5, 5.41) is 0. The highest BCUT2D eigenvalue weighted by molar-refractivity contribution is 9.10. The normalized spacial score (nSPS) is 13.2. The highest BCUT2D eigenvalue weighted by Gasteiger charge is 2.44. The largest absolute Gasteiger partial charge is 0.417 e. The average molecular weight is 343 g/mol. The van der Waals surface area contributed by atoms with E-state index in [1.54, 1.807) is 0 Å². The second-order valence-corrected chi connectivity index (χ2v) is 4.07. The molecule has 1 aromatic carbocycles. The van der Waals surface area contributed by atoms with E-state index in [0.29, 0.717) is 0 Å². The quantitative estimate of drug-likeness (QED) is 0.597. The second-order valence-electron chi connectivity index (χ2n) is 3.22. The van der Waals surface area contributed by atoms with Crippen LogP contribution in [0, 0.1) is 0 Å². The molecule has 0 fully saturated rings. The van der Waals surface area contributed by atoms with Crippen LogP contribution in [0.5, 0.6) is 0 Å². The number of hydrogen-bond donors (Lipinski definition) is 0. The Labute approximate surface area is 104 Å². The molecule has 0 nitrogen and oxygen atoms in total. The zero-order chi connectivity index (χ0) is 14.3. The summed E-state index contributed by atoms with van der Waals surface area (Å²) in [4.78, 5) is 0. The molecule has 0 saturated carbocycles. The standard InChI is InChI=1S/C9H3BrF8/c10-6-2-5(9(16,17)18)4(8(13,14)15)1-3(6)7(11)12/h1-2,7H. The fraction of sp³-hybridized carbons (Fsp3) is 0.333. The summed E-state index contributed by atoms with van der Waals surface area (Å²) < 4.78 is 98.3. The van der Waals surface area contributed by atoms with E-state index in [2.05, 4.69) is 15.9 Å². The van der Waals surface area contributed by atoms with E-state index in [4.69, 9.17) is 0 Å². The average Bonchev–Trinajstić information content (AvgIpc) is 2.13. The Morgan fingerprint density at radius 1 is 0.833 bits per heavy atom. The fourth-order valence-electron chi connectivity index (χ4n) is 1.23. The molecule has 102 valence electrons. The summed E-state index contributed by atoms with van der Waals surface area (Å²) in [5.41, 5.74) is -5.28. The monoisotopic (exact) mass is 342 g/mol. The molecule has 0 N–H and O–H groups in total. The molecular weight excluding hydrogens is 340 g/mol. The van der Waals surface area contributed by atoms with Gasteiger partial charge in [0.05, 0.1) is 11.1 Å². The second kappa shape index (κ2) is 4.67. The van der Waals surface area contributed by atoms with Crippen LogP contribution in [-0.4, -0.2) is 0 Å². The Bertz CT molecular complexity index is 445. The van der Waals surface area contributed by atoms with Crippen molar-refractivity contribution in [3.63, 3.8) is 0 Å². The van der Waals surface area contributed by atoms with E-state index >= 15 is 0 Å². The van der Waals surface area contributed by atoms with Gasteiger partial charge in [0.1, 0.15) is 0 Å². The third-order valence-electron chi connectivity index (χ3n) is 1.98. The van der Waals surface area contributed by atoms with Gasteiger partial charge in [-0.25, -0.2) is 8.78 Å². The molecule has 0 aliphatic carbocycles. The van der Waals surface area contributed by atoms with Crippen molar-refractivity contribution < 1.29 is 35.1 Å². The smallest absolute Gasteiger partial charge is 0.205 e. The summed E-state index contributed by atoms with van der Waals surface area (Å²) in [6.45, 7) is 0. The minimum Gasteiger partial charge on any atom is -0.205 e. The van der Waals surface area contributed by atoms with Gasteiger partial charge in [0.2, 0.25) is 0 Å². The Kier molecular flexibility index (Phi) is 3.94. The minimum atomic E-state index is -5.37. The van der Waals surface area contributed by atoms with Crippen LogP contribution in [0.3, 0.4) is 0 Å². The molecule has 0 unspecified atom stereocenters. The van der Waals surface area contributed by atoms with Crippen LogP contribution in [-0.2, 0) is 12.4 Å². The Morgan fingerprint density at radius 2 is 1.22 bits per heavy atom. The molecule has 0 saturated heterocycles. The van der Waals surface area contributed by atoms with Crippen molar-refractivity contribution in [2.24, 2.45) is 0 Å². The number of alkyl halides is 8. The topological polar surface area (TPSA) is 0 Å². The van der Waals surface area contributed by atoms with E-state index in [0.717, 1.165) is 0 Å². The van der Waals surface area contributed by atoms with Gasteiger partial charge in [-0.2, -0.15) is 26.3 Å². The lowest BCUT2D eigenvalue weighted by atomic mass is 10.0. The molecule has 0 radical (unpaired) electrons. The molecule has 0 spiro atoms. The van der Waals surface area contributed by atoms with Crippen LogP contribution < -0.4 is 0 Å². The Morgan fingerprint density at radius 3 is 1.56 bits per heavy atom. The minimum absolute atomic E-state index is 0.00428. The molecule has 0 amide bonds. The van der Waals surface area contributed by atoms with E-state index in [1.165, 1.54) is 0 Å². The highest BCUT2D eigenvalue weighted by atomic mass is 79.9. The first-order valence-electron chi connectivity index (χ1n) is 4.20. The van der Waals surface area contributed by atoms with Crippen LogP contribution in [0.2, 0.25) is 0 Å². The molecule has 1 aromatic rings. The fourth-order valence-corrected chi connectivity index (χ4v) is 1.74. The van der Waals surface area contributed by atoms with Crippen molar-refractivity contribution in [1.29, 1.82) is 0 Å². The van der Waals surface area contributed by atoms with Crippen LogP contribution in [0.4, 0.5) is 35.1 Å². The Hall–Kier alpha value is -0.860. The molecule has 18 heavy (non-hydrogen) atoms. The zero-order valence-electron chi connectivity index (χ0n) is 8.13. The van der Waals surface area contributed by atoms with E-state index in [9.17, 15) is 35.1 Å². The number of halogens is 9. The van der Waals surface area contributed by atoms with Crippen molar-refractivity contribution >= 4 is 15.9 Å². The van der Waals surface area contributed by atoms with E-state index in [-0.39, 0.29) is 12.1 Å². The van der Waals surface area contributed by atoms with Crippen molar-refractivity contribution in [3.05, 3.63) is 33.3 Å². The van der Waals surface area contributed by atoms with Gasteiger partial charge in [-0.05, 0) is 12.1 Å². The third-order valence-corrected chi connectivity index (χ3v) is 2.67. The van der Waals surface area contributed by atoms with E-state index in [1.807, 2.05) is 0 Å². The molecule has 9 heteroatoms. The molecule has 0 heterocycles. The summed E-state index contributed by atoms with van der Waals surface area (Å²) in [6, 6.07) is -0.193. The van der Waals surface area contributed by atoms with Crippen LogP contribution in [0.1, 0.15) is 23.1 Å². The van der Waals surface area contributed by atoms with Crippen molar-refractivity contribution in [2.75, 3.05) is 0 Å². The van der Waals surface area contributed by atoms with Gasteiger partial charge in [-0.1, -0.05) is 15.9 Å². The lowest BCUT2D eigenvalue weighted by Gasteiger charge is -2.17. The third kappa shape index (κ3) is 3.12. The maximum absolute atomic E-state index is 12.4. The lowest BCUT2D eigenvalue weighted by molar-refractivity contribution is -0.162. The maximum atomic E-state index is 12.4. The molecular formula is C9H3BrF8. The SMILES string of the molecule is FC(F)c1cc(C(F)(F)F)c(C(F)(F)F)cc1Br. The number of benzene rings is 1. The van der Waals surface area contributed by atoms with Gasteiger partial charge in [0, 0.05) is 10.0 Å². The molecule has 1 rings (SSSR count). The summed E-state index contributed by atoms with van der Waals surface area (Å²) >= 11 is 2.39. The summed E-state index contributed by atoms with van der Waals surface area (Å²) in [5.74, 6) is 0. The van der Waals surface area contributed by atoms with Crippen LogP contribution in [0.15, 0.2) is 16.6 Å². The first-order valence-corrected chi connectivity index (χ1v) is 5.00. The van der Waals surface area contributed by atoms with Gasteiger partial charge in [-0.15, -0.1) is 0 Å². The maximum Gasteiger partial charge on any atom is 0.417 e. The predicted molar refractivity (Wildman–Crippen MR) is 49.1 cm³/mol. The zero-order valence-corrected chi connectivity index (χ0v) is 9.72. The molecule has 0 aliphatic heterocycles. The van der Waals surface area contributed by atoms with Gasteiger partial charge in [-0.3, -0.25) is 0 Å². The van der Waals surface area contributed by atoms with Gasteiger partial charge in [0.15, 0.2) is 0 Å². The van der Waals surface area contributed by atoms with Crippen molar-refractivity contribution in [1.82, 2.24) is 0 Å². The van der Waals surface area contributed by atoms with Crippen molar-refractivity contribution in [2.45, 2.75) is 18.8 Å². The van der Waals surface area contributed by atoms with E-state index < -0.39 is 39.9 Å². The van der Waals surface area contributed by atoms with Gasteiger partial charge >= 0.3 is 12.4 Å². The van der Waals surface area contributed by atoms with Crippen LogP contribution in [0.25, 0.3) is 0 Å². The lowest BCUT2D eigenvalue weighted by Crippen LogP contribution is -2.17. The first-order chi connectivity index (χ1) is 7.94. The number of rotatable bonds is 1. The summed E-state index contributed by atoms with van der Waals surface area (Å²) in [6.07, 6.45) is -14.0.